The molecule has 23 heavy (non-hydrogen) atoms. The highest BCUT2D eigenvalue weighted by Crippen LogP contribution is 2.34. The average molecular weight is 324 g/mol. The van der Waals surface area contributed by atoms with Crippen LogP contribution in [0.4, 0.5) is 0 Å². The number of methoxy groups -OCH3 is 3. The molecule has 0 atom stereocenters. The van der Waals surface area contributed by atoms with Crippen LogP contribution in [0, 0.1) is 5.41 Å². The number of rotatable bonds is 9. The molecule has 0 aliphatic heterocycles. The van der Waals surface area contributed by atoms with Gasteiger partial charge < -0.3 is 25.3 Å². The van der Waals surface area contributed by atoms with Crippen molar-refractivity contribution in [1.29, 1.82) is 0 Å². The summed E-state index contributed by atoms with van der Waals surface area (Å²) in [6.07, 6.45) is 1.39. The lowest BCUT2D eigenvalue weighted by Gasteiger charge is -2.28. The largest absolute Gasteiger partial charge is 0.496 e. The van der Waals surface area contributed by atoms with Crippen LogP contribution in [-0.4, -0.2) is 33.8 Å². The fourth-order valence-corrected chi connectivity index (χ4v) is 2.56. The molecule has 0 saturated carbocycles. The van der Waals surface area contributed by atoms with Crippen molar-refractivity contribution < 1.29 is 19.0 Å². The summed E-state index contributed by atoms with van der Waals surface area (Å²) < 4.78 is 16.0. The highest BCUT2D eigenvalue weighted by molar-refractivity contribution is 5.83. The fraction of sp³-hybridized carbons (Fsp3) is 0.588. The van der Waals surface area contributed by atoms with Gasteiger partial charge in [0.2, 0.25) is 5.91 Å². The van der Waals surface area contributed by atoms with E-state index >= 15 is 0 Å². The molecule has 3 N–H and O–H groups in total. The maximum absolute atomic E-state index is 12.6. The van der Waals surface area contributed by atoms with E-state index in [4.69, 9.17) is 19.9 Å². The SMILES string of the molecule is CCC(CC)(CN)C(=O)NCc1c(OC)cc(OC)cc1OC. The predicted octanol–water partition coefficient (Wildman–Crippen LogP) is 2.09. The van der Waals surface area contributed by atoms with Crippen LogP contribution >= 0.6 is 0 Å². The number of hydrogen-bond donors (Lipinski definition) is 2. The molecule has 6 nitrogen and oxygen atoms in total. The van der Waals surface area contributed by atoms with Gasteiger partial charge in [0.15, 0.2) is 0 Å². The molecule has 0 aliphatic carbocycles. The molecule has 1 aromatic carbocycles. The van der Waals surface area contributed by atoms with Crippen LogP contribution in [0.3, 0.4) is 0 Å². The fourth-order valence-electron chi connectivity index (χ4n) is 2.56. The monoisotopic (exact) mass is 324 g/mol. The Balaban J connectivity index is 3.03. The Hall–Kier alpha value is -1.95. The van der Waals surface area contributed by atoms with Crippen molar-refractivity contribution >= 4 is 5.91 Å². The average Bonchev–Trinajstić information content (AvgIpc) is 2.60. The summed E-state index contributed by atoms with van der Waals surface area (Å²) in [5, 5.41) is 2.96. The molecule has 0 spiro atoms. The van der Waals surface area contributed by atoms with E-state index in [-0.39, 0.29) is 5.91 Å². The van der Waals surface area contributed by atoms with Gasteiger partial charge in [-0.15, -0.1) is 0 Å². The molecule has 0 aliphatic rings. The van der Waals surface area contributed by atoms with E-state index in [1.54, 1.807) is 33.5 Å². The van der Waals surface area contributed by atoms with Crippen LogP contribution in [-0.2, 0) is 11.3 Å². The van der Waals surface area contributed by atoms with Crippen LogP contribution in [0.25, 0.3) is 0 Å². The van der Waals surface area contributed by atoms with E-state index in [1.165, 1.54) is 0 Å². The smallest absolute Gasteiger partial charge is 0.227 e. The van der Waals surface area contributed by atoms with Gasteiger partial charge in [-0.2, -0.15) is 0 Å². The first-order valence-corrected chi connectivity index (χ1v) is 7.79. The van der Waals surface area contributed by atoms with E-state index in [1.807, 2.05) is 13.8 Å². The molecule has 0 bridgehead atoms. The first-order valence-electron chi connectivity index (χ1n) is 7.79. The quantitative estimate of drug-likeness (QED) is 0.727. The van der Waals surface area contributed by atoms with Crippen molar-refractivity contribution in [2.75, 3.05) is 27.9 Å². The van der Waals surface area contributed by atoms with Gasteiger partial charge in [0.1, 0.15) is 17.2 Å². The van der Waals surface area contributed by atoms with Gasteiger partial charge in [-0.3, -0.25) is 4.79 Å². The Labute approximate surface area is 138 Å². The normalized spacial score (nSPS) is 11.0. The summed E-state index contributed by atoms with van der Waals surface area (Å²) in [5.74, 6) is 1.79. The Kier molecular flexibility index (Phi) is 7.16. The third-order valence-electron chi connectivity index (χ3n) is 4.47. The van der Waals surface area contributed by atoms with Crippen molar-refractivity contribution in [2.24, 2.45) is 11.1 Å². The highest BCUT2D eigenvalue weighted by atomic mass is 16.5. The van der Waals surface area contributed by atoms with Gasteiger partial charge in [-0.1, -0.05) is 13.8 Å². The predicted molar refractivity (Wildman–Crippen MR) is 90.0 cm³/mol. The third-order valence-corrected chi connectivity index (χ3v) is 4.47. The lowest BCUT2D eigenvalue weighted by Crippen LogP contribution is -2.45. The van der Waals surface area contributed by atoms with Crippen LogP contribution in [0.1, 0.15) is 32.3 Å². The number of nitrogens with one attached hydrogen (secondary N) is 1. The summed E-state index contributed by atoms with van der Waals surface area (Å²) >= 11 is 0. The van der Waals surface area contributed by atoms with E-state index in [9.17, 15) is 4.79 Å². The Morgan fingerprint density at radius 1 is 1.09 bits per heavy atom. The lowest BCUT2D eigenvalue weighted by atomic mass is 9.81. The first kappa shape index (κ1) is 19.1. The second kappa shape index (κ2) is 8.62. The maximum Gasteiger partial charge on any atom is 0.227 e. The maximum atomic E-state index is 12.6. The van der Waals surface area contributed by atoms with Crippen molar-refractivity contribution in [3.05, 3.63) is 17.7 Å². The van der Waals surface area contributed by atoms with Crippen LogP contribution in [0.2, 0.25) is 0 Å². The molecule has 0 heterocycles. The molecule has 0 fully saturated rings. The second-order valence-electron chi connectivity index (χ2n) is 5.38. The van der Waals surface area contributed by atoms with Crippen LogP contribution < -0.4 is 25.3 Å². The number of amides is 1. The summed E-state index contributed by atoms with van der Waals surface area (Å²) in [7, 11) is 4.72. The van der Waals surface area contributed by atoms with Gasteiger partial charge in [-0.25, -0.2) is 0 Å². The number of benzene rings is 1. The molecule has 0 radical (unpaired) electrons. The van der Waals surface area contributed by atoms with Crippen LogP contribution in [0.5, 0.6) is 17.2 Å². The van der Waals surface area contributed by atoms with Crippen molar-refractivity contribution in [1.82, 2.24) is 5.32 Å². The zero-order valence-corrected chi connectivity index (χ0v) is 14.7. The second-order valence-corrected chi connectivity index (χ2v) is 5.38. The van der Waals surface area contributed by atoms with E-state index in [0.29, 0.717) is 43.2 Å². The van der Waals surface area contributed by atoms with Gasteiger partial charge in [0, 0.05) is 18.7 Å². The zero-order chi connectivity index (χ0) is 17.5. The zero-order valence-electron chi connectivity index (χ0n) is 14.7. The van der Waals surface area contributed by atoms with Crippen molar-refractivity contribution in [3.63, 3.8) is 0 Å². The Morgan fingerprint density at radius 3 is 1.96 bits per heavy atom. The summed E-state index contributed by atoms with van der Waals surface area (Å²) in [5.41, 5.74) is 6.05. The molecule has 130 valence electrons. The van der Waals surface area contributed by atoms with E-state index < -0.39 is 5.41 Å². The molecule has 0 aromatic heterocycles. The highest BCUT2D eigenvalue weighted by Gasteiger charge is 2.33. The molecule has 1 rings (SSSR count). The van der Waals surface area contributed by atoms with Crippen molar-refractivity contribution in [3.8, 4) is 17.2 Å². The minimum absolute atomic E-state index is 0.0510. The molecule has 6 heteroatoms. The molecular weight excluding hydrogens is 296 g/mol. The molecule has 0 saturated heterocycles. The van der Waals surface area contributed by atoms with Crippen molar-refractivity contribution in [2.45, 2.75) is 33.2 Å². The lowest BCUT2D eigenvalue weighted by molar-refractivity contribution is -0.131. The summed E-state index contributed by atoms with van der Waals surface area (Å²) in [6, 6.07) is 3.53. The van der Waals surface area contributed by atoms with Gasteiger partial charge in [0.05, 0.1) is 38.9 Å². The number of carbonyl (C=O) groups excluding carboxylic acids is 1. The van der Waals surface area contributed by atoms with E-state index in [2.05, 4.69) is 5.32 Å². The summed E-state index contributed by atoms with van der Waals surface area (Å²) in [4.78, 5) is 12.6. The molecule has 1 amide bonds. The Bertz CT molecular complexity index is 494. The number of ether oxygens (including phenoxy) is 3. The van der Waals surface area contributed by atoms with Crippen LogP contribution in [0.15, 0.2) is 12.1 Å². The number of hydrogen-bond acceptors (Lipinski definition) is 5. The van der Waals surface area contributed by atoms with Gasteiger partial charge >= 0.3 is 0 Å². The molecule has 1 aromatic rings. The third kappa shape index (κ3) is 4.07. The van der Waals surface area contributed by atoms with E-state index in [0.717, 1.165) is 5.56 Å². The molecular formula is C17H28N2O4. The number of nitrogens with two attached hydrogens (primary N) is 1. The Morgan fingerprint density at radius 2 is 1.61 bits per heavy atom. The number of carbonyl (C=O) groups is 1. The minimum atomic E-state index is -0.535. The van der Waals surface area contributed by atoms with Gasteiger partial charge in [-0.05, 0) is 12.8 Å². The topological polar surface area (TPSA) is 82.8 Å². The standard InChI is InChI=1S/C17H28N2O4/c1-6-17(7-2,11-18)16(20)19-10-13-14(22-4)8-12(21-3)9-15(13)23-5/h8-9H,6-7,10-11,18H2,1-5H3,(H,19,20). The molecule has 0 unspecified atom stereocenters. The summed E-state index contributed by atoms with van der Waals surface area (Å²) in [6.45, 7) is 4.58. The first-order chi connectivity index (χ1) is 11.0. The minimum Gasteiger partial charge on any atom is -0.496 e. The van der Waals surface area contributed by atoms with Gasteiger partial charge in [0.25, 0.3) is 0 Å².